The summed E-state index contributed by atoms with van der Waals surface area (Å²) >= 11 is 0. The van der Waals surface area contributed by atoms with Gasteiger partial charge in [0.2, 0.25) is 0 Å². The standard InChI is InChI=1S/C8H19O2P/c1-7(6-11(9)10)5-8(2,3)4/h7,11H,5-6H2,1-4H3,(H,9,10). The summed E-state index contributed by atoms with van der Waals surface area (Å²) in [6.07, 6.45) is 1.49. The van der Waals surface area contributed by atoms with Gasteiger partial charge in [-0.1, -0.05) is 27.7 Å². The molecular formula is C8H19O2P. The van der Waals surface area contributed by atoms with Crippen LogP contribution in [0.1, 0.15) is 34.1 Å². The van der Waals surface area contributed by atoms with E-state index in [1.54, 1.807) is 0 Å². The highest BCUT2D eigenvalue weighted by atomic mass is 31.1. The first kappa shape index (κ1) is 11.2. The highest BCUT2D eigenvalue weighted by Gasteiger charge is 2.15. The van der Waals surface area contributed by atoms with Crippen LogP contribution >= 0.6 is 8.03 Å². The Balaban J connectivity index is 3.69. The van der Waals surface area contributed by atoms with Gasteiger partial charge in [0, 0.05) is 6.16 Å². The summed E-state index contributed by atoms with van der Waals surface area (Å²) in [7, 11) is -2.26. The van der Waals surface area contributed by atoms with Gasteiger partial charge in [0.15, 0.2) is 8.03 Å². The minimum absolute atomic E-state index is 0.275. The highest BCUT2D eigenvalue weighted by molar-refractivity contribution is 7.37. The quantitative estimate of drug-likeness (QED) is 0.674. The molecule has 68 valence electrons. The summed E-state index contributed by atoms with van der Waals surface area (Å²) in [5.41, 5.74) is 0.275. The maximum Gasteiger partial charge on any atom is 0.189 e. The Morgan fingerprint density at radius 1 is 1.45 bits per heavy atom. The summed E-state index contributed by atoms with van der Waals surface area (Å²) in [5, 5.41) is 0. The molecule has 0 spiro atoms. The fourth-order valence-electron chi connectivity index (χ4n) is 1.42. The van der Waals surface area contributed by atoms with Gasteiger partial charge in [-0.15, -0.1) is 0 Å². The van der Waals surface area contributed by atoms with E-state index in [1.807, 2.05) is 6.92 Å². The van der Waals surface area contributed by atoms with E-state index in [4.69, 9.17) is 4.89 Å². The molecule has 0 saturated carbocycles. The van der Waals surface area contributed by atoms with E-state index in [0.717, 1.165) is 6.42 Å². The van der Waals surface area contributed by atoms with Crippen molar-refractivity contribution in [2.75, 3.05) is 6.16 Å². The van der Waals surface area contributed by atoms with Crippen LogP contribution < -0.4 is 0 Å². The van der Waals surface area contributed by atoms with Crippen molar-refractivity contribution in [2.45, 2.75) is 34.1 Å². The monoisotopic (exact) mass is 178 g/mol. The second kappa shape index (κ2) is 4.27. The maximum atomic E-state index is 10.5. The van der Waals surface area contributed by atoms with Crippen molar-refractivity contribution in [1.29, 1.82) is 0 Å². The lowest BCUT2D eigenvalue weighted by atomic mass is 9.86. The van der Waals surface area contributed by atoms with Crippen LogP contribution in [0.5, 0.6) is 0 Å². The van der Waals surface area contributed by atoms with Gasteiger partial charge in [-0.3, -0.25) is 4.57 Å². The van der Waals surface area contributed by atoms with Crippen molar-refractivity contribution in [3.63, 3.8) is 0 Å². The van der Waals surface area contributed by atoms with Gasteiger partial charge in [0.1, 0.15) is 0 Å². The Bertz CT molecular complexity index is 138. The topological polar surface area (TPSA) is 37.3 Å². The molecule has 0 rings (SSSR count). The Labute approximate surface area is 69.9 Å². The van der Waals surface area contributed by atoms with Crippen LogP contribution in [0.3, 0.4) is 0 Å². The maximum absolute atomic E-state index is 10.5. The van der Waals surface area contributed by atoms with Gasteiger partial charge in [-0.2, -0.15) is 0 Å². The number of rotatable bonds is 3. The van der Waals surface area contributed by atoms with Gasteiger partial charge in [0.25, 0.3) is 0 Å². The smallest absolute Gasteiger partial charge is 0.189 e. The Hall–Kier alpha value is 0.190. The van der Waals surface area contributed by atoms with Crippen molar-refractivity contribution < 1.29 is 9.46 Å². The summed E-state index contributed by atoms with van der Waals surface area (Å²) in [6.45, 7) is 8.48. The number of hydrogen-bond donors (Lipinski definition) is 1. The molecule has 2 unspecified atom stereocenters. The molecule has 11 heavy (non-hydrogen) atoms. The van der Waals surface area contributed by atoms with E-state index in [9.17, 15) is 4.57 Å². The number of hydrogen-bond acceptors (Lipinski definition) is 1. The van der Waals surface area contributed by atoms with Crippen molar-refractivity contribution in [3.05, 3.63) is 0 Å². The summed E-state index contributed by atoms with van der Waals surface area (Å²) in [4.78, 5) is 8.67. The zero-order valence-corrected chi connectivity index (χ0v) is 8.85. The first-order valence-electron chi connectivity index (χ1n) is 4.03. The van der Waals surface area contributed by atoms with Crippen LogP contribution in [-0.2, 0) is 4.57 Å². The molecule has 0 saturated heterocycles. The molecule has 2 nitrogen and oxygen atoms in total. The predicted octanol–water partition coefficient (Wildman–Crippen LogP) is 2.53. The lowest BCUT2D eigenvalue weighted by molar-refractivity contribution is 0.319. The van der Waals surface area contributed by atoms with Gasteiger partial charge < -0.3 is 4.89 Å². The molecule has 0 aromatic carbocycles. The molecule has 1 N–H and O–H groups in total. The normalized spacial score (nSPS) is 17.9. The van der Waals surface area contributed by atoms with Crippen molar-refractivity contribution >= 4 is 8.03 Å². The van der Waals surface area contributed by atoms with Crippen LogP contribution in [-0.4, -0.2) is 11.1 Å². The molecule has 2 atom stereocenters. The summed E-state index contributed by atoms with van der Waals surface area (Å²) in [6, 6.07) is 0. The molecule has 0 bridgehead atoms. The van der Waals surface area contributed by atoms with E-state index >= 15 is 0 Å². The second-order valence-corrected chi connectivity index (χ2v) is 5.66. The van der Waals surface area contributed by atoms with Crippen LogP contribution in [0.15, 0.2) is 0 Å². The molecule has 0 aliphatic rings. The second-order valence-electron chi connectivity index (χ2n) is 4.47. The van der Waals surface area contributed by atoms with E-state index in [-0.39, 0.29) is 5.41 Å². The summed E-state index contributed by atoms with van der Waals surface area (Å²) < 4.78 is 10.5. The molecule has 3 heteroatoms. The molecular weight excluding hydrogens is 159 g/mol. The van der Waals surface area contributed by atoms with Crippen LogP contribution in [0.25, 0.3) is 0 Å². The Kier molecular flexibility index (Phi) is 4.35. The van der Waals surface area contributed by atoms with E-state index < -0.39 is 8.03 Å². The highest BCUT2D eigenvalue weighted by Crippen LogP contribution is 2.28. The average molecular weight is 178 g/mol. The zero-order chi connectivity index (χ0) is 9.07. The first-order chi connectivity index (χ1) is 4.81. The van der Waals surface area contributed by atoms with E-state index in [2.05, 4.69) is 20.8 Å². The third-order valence-electron chi connectivity index (χ3n) is 1.48. The minimum Gasteiger partial charge on any atom is -0.346 e. The van der Waals surface area contributed by atoms with Gasteiger partial charge in [0.05, 0.1) is 0 Å². The molecule has 0 radical (unpaired) electrons. The van der Waals surface area contributed by atoms with Crippen LogP contribution in [0, 0.1) is 11.3 Å². The van der Waals surface area contributed by atoms with Crippen molar-refractivity contribution in [3.8, 4) is 0 Å². The van der Waals surface area contributed by atoms with E-state index in [0.29, 0.717) is 12.1 Å². The lowest BCUT2D eigenvalue weighted by Crippen LogP contribution is -2.12. The average Bonchev–Trinajstić information content (AvgIpc) is 1.53. The molecule has 0 fully saturated rings. The van der Waals surface area contributed by atoms with Gasteiger partial charge >= 0.3 is 0 Å². The van der Waals surface area contributed by atoms with Crippen LogP contribution in [0.4, 0.5) is 0 Å². The third kappa shape index (κ3) is 8.09. The Morgan fingerprint density at radius 2 is 1.91 bits per heavy atom. The molecule has 0 amide bonds. The SMILES string of the molecule is CC(C[PH](=O)O)CC(C)(C)C. The van der Waals surface area contributed by atoms with Crippen molar-refractivity contribution in [2.24, 2.45) is 11.3 Å². The largest absolute Gasteiger partial charge is 0.346 e. The van der Waals surface area contributed by atoms with Gasteiger partial charge in [-0.25, -0.2) is 0 Å². The van der Waals surface area contributed by atoms with E-state index in [1.165, 1.54) is 0 Å². The minimum atomic E-state index is -2.26. The molecule has 0 aliphatic carbocycles. The van der Waals surface area contributed by atoms with Crippen LogP contribution in [0.2, 0.25) is 0 Å². The fourth-order valence-corrected chi connectivity index (χ4v) is 2.16. The third-order valence-corrected chi connectivity index (χ3v) is 2.53. The Morgan fingerprint density at radius 3 is 2.18 bits per heavy atom. The zero-order valence-electron chi connectivity index (χ0n) is 7.85. The molecule has 0 aromatic heterocycles. The molecule has 0 heterocycles. The van der Waals surface area contributed by atoms with Gasteiger partial charge in [-0.05, 0) is 17.8 Å². The summed E-state index contributed by atoms with van der Waals surface area (Å²) in [5.74, 6) is 0.367. The molecule has 0 aromatic rings. The first-order valence-corrected chi connectivity index (χ1v) is 5.59. The fraction of sp³-hybridized carbons (Fsp3) is 1.00. The molecule has 0 aliphatic heterocycles. The predicted molar refractivity (Wildman–Crippen MR) is 49.3 cm³/mol. The van der Waals surface area contributed by atoms with Crippen molar-refractivity contribution in [1.82, 2.24) is 0 Å². The lowest BCUT2D eigenvalue weighted by Gasteiger charge is -2.22.